The molecular formula is C17H25O6P. The summed E-state index contributed by atoms with van der Waals surface area (Å²) < 4.78 is 32.7. The van der Waals surface area contributed by atoms with Gasteiger partial charge in [-0.1, -0.05) is 31.2 Å². The Hall–Kier alpha value is -1.46. The van der Waals surface area contributed by atoms with Crippen LogP contribution in [0.25, 0.3) is 0 Å². The summed E-state index contributed by atoms with van der Waals surface area (Å²) in [5, 5.41) is 0. The van der Waals surface area contributed by atoms with Crippen molar-refractivity contribution in [3.05, 3.63) is 48.0 Å². The van der Waals surface area contributed by atoms with Crippen molar-refractivity contribution in [1.29, 1.82) is 0 Å². The van der Waals surface area contributed by atoms with E-state index in [2.05, 4.69) is 0 Å². The number of benzene rings is 1. The van der Waals surface area contributed by atoms with Gasteiger partial charge in [0.05, 0.1) is 18.8 Å². The van der Waals surface area contributed by atoms with Crippen LogP contribution in [0.4, 0.5) is 0 Å². The number of rotatable bonds is 11. The highest BCUT2D eigenvalue weighted by Gasteiger charge is 2.25. The number of allylic oxidation sites excluding steroid dienone is 1. The summed E-state index contributed by atoms with van der Waals surface area (Å²) in [7, 11) is -2.28. The van der Waals surface area contributed by atoms with Crippen molar-refractivity contribution in [3.63, 3.8) is 0 Å². The second kappa shape index (κ2) is 11.2. The maximum absolute atomic E-state index is 12.1. The van der Waals surface area contributed by atoms with E-state index in [9.17, 15) is 9.36 Å². The van der Waals surface area contributed by atoms with Gasteiger partial charge in [0.15, 0.2) is 0 Å². The molecule has 0 radical (unpaired) electrons. The molecule has 0 bridgehead atoms. The summed E-state index contributed by atoms with van der Waals surface area (Å²) in [6.07, 6.45) is 4.08. The number of phosphoric acid groups is 1. The summed E-state index contributed by atoms with van der Waals surface area (Å²) in [6, 6.07) is 8.73. The van der Waals surface area contributed by atoms with Crippen molar-refractivity contribution in [3.8, 4) is 0 Å². The lowest BCUT2D eigenvalue weighted by atomic mass is 10.2. The van der Waals surface area contributed by atoms with E-state index in [1.165, 1.54) is 7.11 Å². The summed E-state index contributed by atoms with van der Waals surface area (Å²) in [4.78, 5) is 12.1. The molecule has 0 saturated heterocycles. The lowest BCUT2D eigenvalue weighted by molar-refractivity contribution is 0.0341. The number of phosphoric ester groups is 1. The first-order chi connectivity index (χ1) is 11.5. The van der Waals surface area contributed by atoms with E-state index in [1.54, 1.807) is 36.4 Å². The topological polar surface area (TPSA) is 71.1 Å². The van der Waals surface area contributed by atoms with Crippen molar-refractivity contribution < 1.29 is 27.7 Å². The lowest BCUT2D eigenvalue weighted by Crippen LogP contribution is -2.18. The van der Waals surface area contributed by atoms with E-state index in [0.29, 0.717) is 18.4 Å². The first-order valence-electron chi connectivity index (χ1n) is 7.88. The summed E-state index contributed by atoms with van der Waals surface area (Å²) >= 11 is 0. The van der Waals surface area contributed by atoms with Crippen LogP contribution in [-0.2, 0) is 22.9 Å². The molecule has 134 valence electrons. The second-order valence-electron chi connectivity index (χ2n) is 4.92. The minimum Gasteiger partial charge on any atom is -0.454 e. The molecule has 7 heteroatoms. The Labute approximate surface area is 143 Å². The van der Waals surface area contributed by atoms with E-state index in [1.807, 2.05) is 19.9 Å². The molecule has 0 heterocycles. The fraction of sp³-hybridized carbons (Fsp3) is 0.471. The minimum atomic E-state index is -3.55. The Morgan fingerprint density at radius 3 is 2.46 bits per heavy atom. The molecule has 0 N–H and O–H groups in total. The molecule has 1 rings (SSSR count). The standard InChI is InChI=1S/C17H25O6P/c1-4-9-16(23-17(18)15-10-7-6-8-11-15)12-14-22-24(19,20-3)21-13-5-2/h4,6-11,16H,5,12-14H2,1-3H3/b9-4+. The first-order valence-corrected chi connectivity index (χ1v) is 9.34. The third-order valence-electron chi connectivity index (χ3n) is 3.00. The van der Waals surface area contributed by atoms with Gasteiger partial charge >= 0.3 is 13.8 Å². The maximum Gasteiger partial charge on any atom is 0.474 e. The van der Waals surface area contributed by atoms with Crippen LogP contribution >= 0.6 is 7.82 Å². The summed E-state index contributed by atoms with van der Waals surface area (Å²) in [5.41, 5.74) is 0.474. The van der Waals surface area contributed by atoms with Gasteiger partial charge in [0.1, 0.15) is 6.10 Å². The van der Waals surface area contributed by atoms with Crippen molar-refractivity contribution in [2.75, 3.05) is 20.3 Å². The smallest absolute Gasteiger partial charge is 0.454 e. The highest BCUT2D eigenvalue weighted by Crippen LogP contribution is 2.48. The number of carbonyl (C=O) groups is 1. The predicted molar refractivity (Wildman–Crippen MR) is 91.9 cm³/mol. The zero-order chi connectivity index (χ0) is 17.8. The van der Waals surface area contributed by atoms with E-state index in [-0.39, 0.29) is 13.2 Å². The quantitative estimate of drug-likeness (QED) is 0.333. The molecule has 0 saturated carbocycles. The number of carbonyl (C=O) groups excluding carboxylic acids is 1. The molecule has 0 aliphatic heterocycles. The minimum absolute atomic E-state index is 0.0753. The van der Waals surface area contributed by atoms with Crippen molar-refractivity contribution in [2.24, 2.45) is 0 Å². The number of esters is 1. The maximum atomic E-state index is 12.1. The molecule has 2 atom stereocenters. The van der Waals surface area contributed by atoms with Crippen LogP contribution in [0.5, 0.6) is 0 Å². The van der Waals surface area contributed by atoms with Gasteiger partial charge in [0.2, 0.25) is 0 Å². The molecule has 0 amide bonds. The number of hydrogen-bond donors (Lipinski definition) is 0. The van der Waals surface area contributed by atoms with Gasteiger partial charge in [-0.2, -0.15) is 0 Å². The van der Waals surface area contributed by atoms with Crippen LogP contribution in [0.15, 0.2) is 42.5 Å². The van der Waals surface area contributed by atoms with E-state index in [0.717, 1.165) is 0 Å². The molecule has 1 aromatic carbocycles. The normalized spacial score (nSPS) is 15.1. The average molecular weight is 356 g/mol. The van der Waals surface area contributed by atoms with Crippen molar-refractivity contribution in [1.82, 2.24) is 0 Å². The van der Waals surface area contributed by atoms with Gasteiger partial charge in [0, 0.05) is 13.5 Å². The van der Waals surface area contributed by atoms with Crippen molar-refractivity contribution in [2.45, 2.75) is 32.8 Å². The molecule has 0 aliphatic rings. The lowest BCUT2D eigenvalue weighted by Gasteiger charge is -2.18. The molecule has 0 spiro atoms. The van der Waals surface area contributed by atoms with Gasteiger partial charge < -0.3 is 4.74 Å². The zero-order valence-corrected chi connectivity index (χ0v) is 15.2. The van der Waals surface area contributed by atoms with Crippen LogP contribution in [0.3, 0.4) is 0 Å². The highest BCUT2D eigenvalue weighted by molar-refractivity contribution is 7.48. The third kappa shape index (κ3) is 7.41. The SMILES string of the molecule is C/C=C/C(CCOP(=O)(OC)OCCC)OC(=O)c1ccccc1. The Morgan fingerprint density at radius 2 is 1.88 bits per heavy atom. The first kappa shape index (κ1) is 20.6. The van der Waals surface area contributed by atoms with E-state index < -0.39 is 19.9 Å². The number of hydrogen-bond acceptors (Lipinski definition) is 6. The molecule has 0 aromatic heterocycles. The fourth-order valence-electron chi connectivity index (χ4n) is 1.82. The zero-order valence-electron chi connectivity index (χ0n) is 14.3. The predicted octanol–water partition coefficient (Wildman–Crippen LogP) is 4.38. The van der Waals surface area contributed by atoms with E-state index >= 15 is 0 Å². The molecular weight excluding hydrogens is 331 g/mol. The Balaban J connectivity index is 2.54. The second-order valence-corrected chi connectivity index (χ2v) is 6.70. The van der Waals surface area contributed by atoms with Crippen LogP contribution in [0.1, 0.15) is 37.0 Å². The largest absolute Gasteiger partial charge is 0.474 e. The monoisotopic (exact) mass is 356 g/mol. The van der Waals surface area contributed by atoms with Gasteiger partial charge in [-0.3, -0.25) is 13.6 Å². The molecule has 2 unspecified atom stereocenters. The van der Waals surface area contributed by atoms with E-state index in [4.69, 9.17) is 18.3 Å². The Kier molecular flexibility index (Phi) is 9.57. The Morgan fingerprint density at radius 1 is 1.21 bits per heavy atom. The fourth-order valence-corrected chi connectivity index (χ4v) is 2.84. The van der Waals surface area contributed by atoms with Crippen LogP contribution in [0.2, 0.25) is 0 Å². The average Bonchev–Trinajstić information content (AvgIpc) is 2.61. The number of ether oxygens (including phenoxy) is 1. The summed E-state index contributed by atoms with van der Waals surface area (Å²) in [5.74, 6) is -0.421. The van der Waals surface area contributed by atoms with Gasteiger partial charge in [-0.05, 0) is 31.6 Å². The van der Waals surface area contributed by atoms with Crippen molar-refractivity contribution >= 4 is 13.8 Å². The van der Waals surface area contributed by atoms with Gasteiger partial charge in [0.25, 0.3) is 0 Å². The molecule has 0 aliphatic carbocycles. The Bertz CT molecular complexity index is 557. The molecule has 6 nitrogen and oxygen atoms in total. The van der Waals surface area contributed by atoms with Crippen LogP contribution in [-0.4, -0.2) is 32.4 Å². The highest BCUT2D eigenvalue weighted by atomic mass is 31.2. The summed E-state index contributed by atoms with van der Waals surface area (Å²) in [6.45, 7) is 4.08. The molecule has 24 heavy (non-hydrogen) atoms. The molecule has 1 aromatic rings. The molecule has 0 fully saturated rings. The van der Waals surface area contributed by atoms with Crippen LogP contribution < -0.4 is 0 Å². The third-order valence-corrected chi connectivity index (χ3v) is 4.45. The van der Waals surface area contributed by atoms with Crippen LogP contribution in [0, 0.1) is 0 Å². The van der Waals surface area contributed by atoms with Gasteiger partial charge in [-0.25, -0.2) is 9.36 Å². The van der Waals surface area contributed by atoms with Gasteiger partial charge in [-0.15, -0.1) is 0 Å².